The molecule has 0 saturated heterocycles. The summed E-state index contributed by atoms with van der Waals surface area (Å²) < 4.78 is 0. The smallest absolute Gasteiger partial charge is 0.162 e. The van der Waals surface area contributed by atoms with Crippen LogP contribution in [0.25, 0.3) is 0 Å². The third kappa shape index (κ3) is 2.43. The molecule has 0 amide bonds. The van der Waals surface area contributed by atoms with Crippen LogP contribution in [0.5, 0.6) is 0 Å². The lowest BCUT2D eigenvalue weighted by atomic mass is 9.51. The van der Waals surface area contributed by atoms with Crippen molar-refractivity contribution in [3.05, 3.63) is 23.3 Å². The Labute approximate surface area is 162 Å². The molecule has 3 saturated carbocycles. The maximum Gasteiger partial charge on any atom is 0.162 e. The number of allylic oxidation sites excluding steroid dienone is 4. The molecule has 0 bridgehead atoms. The molecule has 3 nitrogen and oxygen atoms in total. The molecule has 6 atom stereocenters. The van der Waals surface area contributed by atoms with Crippen LogP contribution in [0.1, 0.15) is 65.2 Å². The van der Waals surface area contributed by atoms with Gasteiger partial charge in [-0.25, -0.2) is 0 Å². The number of aliphatic hydroxyl groups excluding tert-OH is 1. The number of rotatable bonds is 3. The summed E-state index contributed by atoms with van der Waals surface area (Å²) >= 11 is 0. The number of fused-ring (bicyclic) bond motifs is 5. The van der Waals surface area contributed by atoms with Crippen molar-refractivity contribution < 1.29 is 14.7 Å². The summed E-state index contributed by atoms with van der Waals surface area (Å²) in [6, 6.07) is 0. The van der Waals surface area contributed by atoms with Crippen LogP contribution in [0.4, 0.5) is 0 Å². The molecule has 0 aliphatic heterocycles. The van der Waals surface area contributed by atoms with E-state index in [2.05, 4.69) is 19.9 Å². The topological polar surface area (TPSA) is 54.4 Å². The highest BCUT2D eigenvalue weighted by molar-refractivity contribution is 5.92. The van der Waals surface area contributed by atoms with E-state index in [0.717, 1.165) is 32.1 Å². The van der Waals surface area contributed by atoms with Gasteiger partial charge in [0, 0.05) is 17.8 Å². The Morgan fingerprint density at radius 3 is 2.70 bits per heavy atom. The fourth-order valence-corrected chi connectivity index (χ4v) is 7.65. The van der Waals surface area contributed by atoms with E-state index in [0.29, 0.717) is 35.9 Å². The normalized spacial score (nSPS) is 46.1. The SMILES string of the molecule is C[C@]12CCC(=O)C=C1CCC1C2=CC[C@@]2(C)C1C[C@@H](C1CC1)[C@@H]2C(=O)CO. The Morgan fingerprint density at radius 1 is 1.22 bits per heavy atom. The van der Waals surface area contributed by atoms with E-state index in [1.807, 2.05) is 6.08 Å². The minimum atomic E-state index is -0.301. The summed E-state index contributed by atoms with van der Waals surface area (Å²) in [7, 11) is 0. The fourth-order valence-electron chi connectivity index (χ4n) is 7.65. The van der Waals surface area contributed by atoms with Crippen LogP contribution in [-0.4, -0.2) is 23.3 Å². The summed E-state index contributed by atoms with van der Waals surface area (Å²) in [5.74, 6) is 2.71. The predicted octanol–water partition coefficient (Wildman–Crippen LogP) is 4.25. The van der Waals surface area contributed by atoms with Crippen LogP contribution in [0, 0.1) is 40.4 Å². The third-order valence-corrected chi connectivity index (χ3v) is 9.17. The number of aliphatic hydroxyl groups is 1. The van der Waals surface area contributed by atoms with E-state index in [1.54, 1.807) is 5.57 Å². The molecule has 0 spiro atoms. The zero-order chi connectivity index (χ0) is 19.0. The van der Waals surface area contributed by atoms with Gasteiger partial charge in [-0.1, -0.05) is 31.1 Å². The van der Waals surface area contributed by atoms with Crippen LogP contribution in [0.3, 0.4) is 0 Å². The predicted molar refractivity (Wildman–Crippen MR) is 104 cm³/mol. The molecule has 0 aromatic carbocycles. The number of ketones is 2. The highest BCUT2D eigenvalue weighted by Crippen LogP contribution is 2.68. The maximum atomic E-state index is 12.8. The lowest BCUT2D eigenvalue weighted by molar-refractivity contribution is -0.131. The Hall–Kier alpha value is -1.22. The van der Waals surface area contributed by atoms with Gasteiger partial charge in [-0.05, 0) is 80.1 Å². The number of hydrogen-bond acceptors (Lipinski definition) is 3. The molecule has 27 heavy (non-hydrogen) atoms. The van der Waals surface area contributed by atoms with Crippen molar-refractivity contribution in [2.75, 3.05) is 6.61 Å². The minimum absolute atomic E-state index is 0.00327. The van der Waals surface area contributed by atoms with Crippen molar-refractivity contribution >= 4 is 11.6 Å². The molecule has 3 fully saturated rings. The van der Waals surface area contributed by atoms with Gasteiger partial charge >= 0.3 is 0 Å². The van der Waals surface area contributed by atoms with Crippen molar-refractivity contribution in [1.29, 1.82) is 0 Å². The Morgan fingerprint density at radius 2 is 2.00 bits per heavy atom. The van der Waals surface area contributed by atoms with E-state index in [1.165, 1.54) is 18.4 Å². The van der Waals surface area contributed by atoms with Gasteiger partial charge in [0.05, 0.1) is 0 Å². The molecule has 0 heterocycles. The Kier molecular flexibility index (Phi) is 3.89. The number of Topliss-reactive ketones (excluding diaryl/α,β-unsaturated/α-hetero) is 1. The minimum Gasteiger partial charge on any atom is -0.389 e. The van der Waals surface area contributed by atoms with Gasteiger partial charge in [-0.2, -0.15) is 0 Å². The molecule has 5 rings (SSSR count). The molecule has 146 valence electrons. The second kappa shape index (κ2) is 5.89. The lowest BCUT2D eigenvalue weighted by Gasteiger charge is -2.53. The van der Waals surface area contributed by atoms with Gasteiger partial charge in [0.15, 0.2) is 11.6 Å². The van der Waals surface area contributed by atoms with Gasteiger partial charge in [0.2, 0.25) is 0 Å². The first-order valence-electron chi connectivity index (χ1n) is 11.0. The summed E-state index contributed by atoms with van der Waals surface area (Å²) in [4.78, 5) is 24.8. The average molecular weight is 369 g/mol. The highest BCUT2D eigenvalue weighted by Gasteiger charge is 2.62. The first-order valence-corrected chi connectivity index (χ1v) is 11.0. The highest BCUT2D eigenvalue weighted by atomic mass is 16.3. The van der Waals surface area contributed by atoms with Gasteiger partial charge < -0.3 is 5.11 Å². The average Bonchev–Trinajstić information content (AvgIpc) is 3.43. The number of carbonyl (C=O) groups is 2. The summed E-state index contributed by atoms with van der Waals surface area (Å²) in [6.07, 6.45) is 12.8. The summed E-state index contributed by atoms with van der Waals surface area (Å²) in [6.45, 7) is 4.39. The van der Waals surface area contributed by atoms with Crippen molar-refractivity contribution in [2.24, 2.45) is 40.4 Å². The molecular formula is C24H32O3. The molecule has 0 radical (unpaired) electrons. The molecule has 1 N–H and O–H groups in total. The molecule has 0 aromatic rings. The van der Waals surface area contributed by atoms with E-state index >= 15 is 0 Å². The standard InChI is InChI=1S/C24H32O3/c1-23-9-7-16(26)11-15(23)5-6-17-19(23)8-10-24(2)20(17)12-18(14-3-4-14)22(24)21(27)13-25/h8,11,14,17-18,20,22,25H,3-7,9-10,12-13H2,1-2H3/t17?,18-,20?,22+,23-,24-/m0/s1. The monoisotopic (exact) mass is 368 g/mol. The quantitative estimate of drug-likeness (QED) is 0.758. The largest absolute Gasteiger partial charge is 0.389 e. The van der Waals surface area contributed by atoms with Crippen molar-refractivity contribution in [3.8, 4) is 0 Å². The van der Waals surface area contributed by atoms with Crippen molar-refractivity contribution in [2.45, 2.75) is 65.2 Å². The van der Waals surface area contributed by atoms with Gasteiger partial charge in [-0.15, -0.1) is 0 Å². The molecule has 5 aliphatic rings. The molecular weight excluding hydrogens is 336 g/mol. The molecule has 2 unspecified atom stereocenters. The fraction of sp³-hybridized carbons (Fsp3) is 0.750. The van der Waals surface area contributed by atoms with Crippen molar-refractivity contribution in [1.82, 2.24) is 0 Å². The van der Waals surface area contributed by atoms with Gasteiger partial charge in [0.1, 0.15) is 6.61 Å². The second-order valence-electron chi connectivity index (χ2n) is 10.4. The Balaban J connectivity index is 1.54. The van der Waals surface area contributed by atoms with E-state index in [-0.39, 0.29) is 29.1 Å². The van der Waals surface area contributed by atoms with E-state index in [4.69, 9.17) is 0 Å². The first kappa shape index (κ1) is 17.8. The molecule has 0 aromatic heterocycles. The summed E-state index contributed by atoms with van der Waals surface area (Å²) in [5.41, 5.74) is 2.99. The number of hydrogen-bond donors (Lipinski definition) is 1. The van der Waals surface area contributed by atoms with Crippen LogP contribution in [0.15, 0.2) is 23.3 Å². The second-order valence-corrected chi connectivity index (χ2v) is 10.4. The van der Waals surface area contributed by atoms with E-state index in [9.17, 15) is 14.7 Å². The van der Waals surface area contributed by atoms with Gasteiger partial charge in [0.25, 0.3) is 0 Å². The van der Waals surface area contributed by atoms with Crippen LogP contribution in [-0.2, 0) is 9.59 Å². The zero-order valence-corrected chi connectivity index (χ0v) is 16.7. The summed E-state index contributed by atoms with van der Waals surface area (Å²) in [5, 5.41) is 9.67. The van der Waals surface area contributed by atoms with Crippen molar-refractivity contribution in [3.63, 3.8) is 0 Å². The first-order chi connectivity index (χ1) is 12.9. The zero-order valence-electron chi connectivity index (χ0n) is 16.7. The van der Waals surface area contributed by atoms with Crippen LogP contribution in [0.2, 0.25) is 0 Å². The third-order valence-electron chi connectivity index (χ3n) is 9.17. The number of carbonyl (C=O) groups excluding carboxylic acids is 2. The van der Waals surface area contributed by atoms with Gasteiger partial charge in [-0.3, -0.25) is 9.59 Å². The van der Waals surface area contributed by atoms with E-state index < -0.39 is 0 Å². The van der Waals surface area contributed by atoms with Crippen LogP contribution < -0.4 is 0 Å². The molecule has 5 aliphatic carbocycles. The molecule has 3 heteroatoms. The van der Waals surface area contributed by atoms with Crippen LogP contribution >= 0.6 is 0 Å². The Bertz CT molecular complexity index is 758. The maximum absolute atomic E-state index is 12.8. The lowest BCUT2D eigenvalue weighted by Crippen LogP contribution is -2.46.